The molecule has 17 heavy (non-hydrogen) atoms. The van der Waals surface area contributed by atoms with Gasteiger partial charge in [-0.15, -0.1) is 11.6 Å². The SMILES string of the molecule is CC(C)c1ccccc1[C@H](Cl)c1ccccc1. The van der Waals surface area contributed by atoms with Crippen LogP contribution in [0.25, 0.3) is 0 Å². The lowest BCUT2D eigenvalue weighted by molar-refractivity contribution is 0.845. The molecule has 0 aliphatic rings. The number of hydrogen-bond donors (Lipinski definition) is 0. The van der Waals surface area contributed by atoms with Gasteiger partial charge in [0.05, 0.1) is 5.38 Å². The molecule has 2 aromatic carbocycles. The highest BCUT2D eigenvalue weighted by molar-refractivity contribution is 6.22. The van der Waals surface area contributed by atoms with E-state index in [1.54, 1.807) is 0 Å². The Balaban J connectivity index is 2.41. The van der Waals surface area contributed by atoms with Crippen molar-refractivity contribution in [3.8, 4) is 0 Å². The topological polar surface area (TPSA) is 0 Å². The predicted molar refractivity (Wildman–Crippen MR) is 74.7 cm³/mol. The fourth-order valence-electron chi connectivity index (χ4n) is 2.07. The van der Waals surface area contributed by atoms with Gasteiger partial charge >= 0.3 is 0 Å². The summed E-state index contributed by atoms with van der Waals surface area (Å²) >= 11 is 6.58. The first-order valence-corrected chi connectivity index (χ1v) is 6.41. The van der Waals surface area contributed by atoms with Gasteiger partial charge < -0.3 is 0 Å². The van der Waals surface area contributed by atoms with E-state index in [9.17, 15) is 0 Å². The van der Waals surface area contributed by atoms with Crippen molar-refractivity contribution in [2.75, 3.05) is 0 Å². The smallest absolute Gasteiger partial charge is 0.0838 e. The van der Waals surface area contributed by atoms with Crippen molar-refractivity contribution in [3.05, 3.63) is 71.3 Å². The first kappa shape index (κ1) is 12.2. The van der Waals surface area contributed by atoms with Crippen LogP contribution in [0.1, 0.15) is 41.8 Å². The molecule has 0 aliphatic heterocycles. The zero-order chi connectivity index (χ0) is 12.3. The molecule has 0 fully saturated rings. The highest BCUT2D eigenvalue weighted by Gasteiger charge is 2.15. The molecule has 0 heterocycles. The van der Waals surface area contributed by atoms with E-state index in [4.69, 9.17) is 11.6 Å². The minimum atomic E-state index is -0.0604. The van der Waals surface area contributed by atoms with Crippen LogP contribution in [-0.2, 0) is 0 Å². The van der Waals surface area contributed by atoms with Crippen LogP contribution < -0.4 is 0 Å². The quantitative estimate of drug-likeness (QED) is 0.656. The fourth-order valence-corrected chi connectivity index (χ4v) is 2.41. The van der Waals surface area contributed by atoms with E-state index >= 15 is 0 Å². The minimum absolute atomic E-state index is 0.0604. The second-order valence-electron chi connectivity index (χ2n) is 4.56. The maximum absolute atomic E-state index is 6.58. The molecule has 0 saturated carbocycles. The Bertz CT molecular complexity index is 474. The largest absolute Gasteiger partial charge is 0.113 e. The van der Waals surface area contributed by atoms with E-state index in [2.05, 4.69) is 50.2 Å². The molecule has 0 aliphatic carbocycles. The molecule has 88 valence electrons. The predicted octanol–water partition coefficient (Wildman–Crippen LogP) is 5.14. The standard InChI is InChI=1S/C16H17Cl/c1-12(2)14-10-6-7-11-15(14)16(17)13-8-4-3-5-9-13/h3-12,16H,1-2H3/t16-/m1/s1. The molecule has 0 unspecified atom stereocenters. The molecule has 0 bridgehead atoms. The Labute approximate surface area is 108 Å². The third-order valence-corrected chi connectivity index (χ3v) is 3.47. The zero-order valence-corrected chi connectivity index (χ0v) is 11.0. The maximum atomic E-state index is 6.58. The summed E-state index contributed by atoms with van der Waals surface area (Å²) in [5.41, 5.74) is 3.70. The van der Waals surface area contributed by atoms with Crippen molar-refractivity contribution in [1.82, 2.24) is 0 Å². The van der Waals surface area contributed by atoms with Gasteiger partial charge in [-0.1, -0.05) is 68.4 Å². The molecule has 0 amide bonds. The van der Waals surface area contributed by atoms with Crippen molar-refractivity contribution >= 4 is 11.6 Å². The lowest BCUT2D eigenvalue weighted by Gasteiger charge is -2.17. The van der Waals surface area contributed by atoms with E-state index in [0.717, 1.165) is 5.56 Å². The molecule has 2 rings (SSSR count). The van der Waals surface area contributed by atoms with Gasteiger partial charge in [-0.05, 0) is 22.6 Å². The minimum Gasteiger partial charge on any atom is -0.113 e. The third kappa shape index (κ3) is 2.70. The molecule has 1 heteroatoms. The molecular formula is C16H17Cl. The Hall–Kier alpha value is -1.27. The van der Waals surface area contributed by atoms with Crippen LogP contribution in [0.5, 0.6) is 0 Å². The Morgan fingerprint density at radius 1 is 0.765 bits per heavy atom. The van der Waals surface area contributed by atoms with Gasteiger partial charge in [0.1, 0.15) is 0 Å². The molecule has 0 N–H and O–H groups in total. The fraction of sp³-hybridized carbons (Fsp3) is 0.250. The average molecular weight is 245 g/mol. The number of benzene rings is 2. The van der Waals surface area contributed by atoms with E-state index in [1.165, 1.54) is 11.1 Å². The van der Waals surface area contributed by atoms with Gasteiger partial charge in [0, 0.05) is 0 Å². The van der Waals surface area contributed by atoms with Crippen molar-refractivity contribution in [2.45, 2.75) is 25.1 Å². The summed E-state index contributed by atoms with van der Waals surface area (Å²) in [5, 5.41) is -0.0604. The molecule has 0 nitrogen and oxygen atoms in total. The lowest BCUT2D eigenvalue weighted by Crippen LogP contribution is -2.00. The summed E-state index contributed by atoms with van der Waals surface area (Å²) in [4.78, 5) is 0. The number of halogens is 1. The normalized spacial score (nSPS) is 12.7. The van der Waals surface area contributed by atoms with Crippen molar-refractivity contribution in [2.24, 2.45) is 0 Å². The van der Waals surface area contributed by atoms with Gasteiger partial charge in [-0.2, -0.15) is 0 Å². The summed E-state index contributed by atoms with van der Waals surface area (Å²) in [6, 6.07) is 18.7. The third-order valence-electron chi connectivity index (χ3n) is 2.98. The summed E-state index contributed by atoms with van der Waals surface area (Å²) < 4.78 is 0. The van der Waals surface area contributed by atoms with Crippen LogP contribution >= 0.6 is 11.6 Å². The van der Waals surface area contributed by atoms with Crippen LogP contribution in [0.15, 0.2) is 54.6 Å². The molecule has 0 radical (unpaired) electrons. The van der Waals surface area contributed by atoms with Crippen LogP contribution in [0, 0.1) is 0 Å². The molecule has 0 spiro atoms. The summed E-state index contributed by atoms with van der Waals surface area (Å²) in [5.74, 6) is 0.496. The molecular weight excluding hydrogens is 228 g/mol. The van der Waals surface area contributed by atoms with Gasteiger partial charge in [-0.25, -0.2) is 0 Å². The highest BCUT2D eigenvalue weighted by atomic mass is 35.5. The van der Waals surface area contributed by atoms with Gasteiger partial charge in [-0.3, -0.25) is 0 Å². The highest BCUT2D eigenvalue weighted by Crippen LogP contribution is 2.33. The van der Waals surface area contributed by atoms with Crippen LogP contribution in [0.2, 0.25) is 0 Å². The maximum Gasteiger partial charge on any atom is 0.0838 e. The molecule has 0 saturated heterocycles. The first-order valence-electron chi connectivity index (χ1n) is 5.98. The Morgan fingerprint density at radius 2 is 1.29 bits per heavy atom. The monoisotopic (exact) mass is 244 g/mol. The van der Waals surface area contributed by atoms with E-state index in [-0.39, 0.29) is 5.38 Å². The Kier molecular flexibility index (Phi) is 3.86. The van der Waals surface area contributed by atoms with E-state index in [0.29, 0.717) is 5.92 Å². The summed E-state index contributed by atoms with van der Waals surface area (Å²) in [7, 11) is 0. The van der Waals surface area contributed by atoms with Crippen LogP contribution in [0.3, 0.4) is 0 Å². The summed E-state index contributed by atoms with van der Waals surface area (Å²) in [6.45, 7) is 4.40. The van der Waals surface area contributed by atoms with Gasteiger partial charge in [0.2, 0.25) is 0 Å². The second kappa shape index (κ2) is 5.37. The number of alkyl halides is 1. The van der Waals surface area contributed by atoms with Gasteiger partial charge in [0.15, 0.2) is 0 Å². The number of hydrogen-bond acceptors (Lipinski definition) is 0. The Morgan fingerprint density at radius 3 is 1.88 bits per heavy atom. The first-order chi connectivity index (χ1) is 8.20. The van der Waals surface area contributed by atoms with Crippen molar-refractivity contribution in [3.63, 3.8) is 0 Å². The number of rotatable bonds is 3. The zero-order valence-electron chi connectivity index (χ0n) is 10.2. The van der Waals surface area contributed by atoms with Crippen LogP contribution in [0.4, 0.5) is 0 Å². The van der Waals surface area contributed by atoms with E-state index in [1.807, 2.05) is 18.2 Å². The molecule has 1 atom stereocenters. The second-order valence-corrected chi connectivity index (χ2v) is 4.99. The van der Waals surface area contributed by atoms with E-state index < -0.39 is 0 Å². The molecule has 0 aromatic heterocycles. The van der Waals surface area contributed by atoms with Crippen LogP contribution in [-0.4, -0.2) is 0 Å². The lowest BCUT2D eigenvalue weighted by atomic mass is 9.93. The summed E-state index contributed by atoms with van der Waals surface area (Å²) in [6.07, 6.45) is 0. The molecule has 2 aromatic rings. The van der Waals surface area contributed by atoms with Gasteiger partial charge in [0.25, 0.3) is 0 Å². The van der Waals surface area contributed by atoms with Crippen molar-refractivity contribution < 1.29 is 0 Å². The van der Waals surface area contributed by atoms with Crippen molar-refractivity contribution in [1.29, 1.82) is 0 Å². The average Bonchev–Trinajstić information content (AvgIpc) is 2.39.